The molecule has 2 atom stereocenters. The van der Waals surface area contributed by atoms with E-state index in [0.717, 1.165) is 24.2 Å². The molecular weight excluding hydrogens is 408 g/mol. The predicted octanol–water partition coefficient (Wildman–Crippen LogP) is 4.49. The number of amides is 1. The van der Waals surface area contributed by atoms with Crippen LogP contribution in [0.25, 0.3) is 0 Å². The number of thiazole rings is 1. The molecule has 164 valence electrons. The third kappa shape index (κ3) is 3.96. The van der Waals surface area contributed by atoms with Crippen molar-refractivity contribution in [3.8, 4) is 0 Å². The number of piperidine rings is 1. The summed E-state index contributed by atoms with van der Waals surface area (Å²) in [4.78, 5) is 19.5. The van der Waals surface area contributed by atoms with Crippen molar-refractivity contribution < 1.29 is 13.6 Å². The Kier molecular flexibility index (Phi) is 5.59. The highest BCUT2D eigenvalue weighted by atomic mass is 32.1. The number of anilines is 1. The van der Waals surface area contributed by atoms with Gasteiger partial charge in [-0.1, -0.05) is 20.8 Å². The van der Waals surface area contributed by atoms with E-state index in [-0.39, 0.29) is 23.3 Å². The summed E-state index contributed by atoms with van der Waals surface area (Å²) in [5.41, 5.74) is 3.08. The van der Waals surface area contributed by atoms with Gasteiger partial charge >= 0.3 is 0 Å². The maximum Gasteiger partial charge on any atom is 0.265 e. The zero-order valence-corrected chi connectivity index (χ0v) is 18.7. The zero-order valence-electron chi connectivity index (χ0n) is 17.9. The van der Waals surface area contributed by atoms with Gasteiger partial charge in [-0.2, -0.15) is 5.10 Å². The van der Waals surface area contributed by atoms with E-state index in [9.17, 15) is 13.6 Å². The molecule has 0 spiro atoms. The van der Waals surface area contributed by atoms with Crippen LogP contribution in [0.5, 0.6) is 0 Å². The lowest BCUT2D eigenvalue weighted by Gasteiger charge is -2.40. The van der Waals surface area contributed by atoms with Crippen molar-refractivity contribution in [3.05, 3.63) is 27.8 Å². The van der Waals surface area contributed by atoms with Gasteiger partial charge in [0.15, 0.2) is 0 Å². The summed E-state index contributed by atoms with van der Waals surface area (Å²) in [6, 6.07) is 0.956. The highest BCUT2D eigenvalue weighted by Crippen LogP contribution is 2.38. The van der Waals surface area contributed by atoms with Gasteiger partial charge in [0.2, 0.25) is 0 Å². The second kappa shape index (κ2) is 7.90. The van der Waals surface area contributed by atoms with Crippen LogP contribution < -0.4 is 5.32 Å². The molecule has 2 aromatic heterocycles. The molecule has 30 heavy (non-hydrogen) atoms. The highest BCUT2D eigenvalue weighted by Gasteiger charge is 2.39. The Bertz CT molecular complexity index is 911. The molecule has 1 fully saturated rings. The van der Waals surface area contributed by atoms with Crippen LogP contribution in [0.4, 0.5) is 14.6 Å². The number of rotatable bonds is 3. The fourth-order valence-corrected chi connectivity index (χ4v) is 5.18. The summed E-state index contributed by atoms with van der Waals surface area (Å²) in [5.74, 6) is 0.961. The minimum Gasteiger partial charge on any atom is -0.367 e. The number of aromatic nitrogens is 3. The minimum atomic E-state index is -2.46. The number of halogens is 2. The van der Waals surface area contributed by atoms with E-state index in [1.165, 1.54) is 16.0 Å². The lowest BCUT2D eigenvalue weighted by Crippen LogP contribution is -2.46. The van der Waals surface area contributed by atoms with Gasteiger partial charge < -0.3 is 10.2 Å². The molecule has 0 bridgehead atoms. The molecule has 1 amide bonds. The number of fused-ring (bicyclic) bond motifs is 1. The summed E-state index contributed by atoms with van der Waals surface area (Å²) in [5, 5.41) is 7.97. The van der Waals surface area contributed by atoms with Gasteiger partial charge in [-0.05, 0) is 32.1 Å². The summed E-state index contributed by atoms with van der Waals surface area (Å²) in [6.45, 7) is 9.24. The molecular formula is C21H29F2N5OS. The van der Waals surface area contributed by atoms with E-state index in [2.05, 4.69) is 15.4 Å². The average molecular weight is 438 g/mol. The molecule has 2 aliphatic heterocycles. The Morgan fingerprint density at radius 1 is 1.30 bits per heavy atom. The van der Waals surface area contributed by atoms with Gasteiger partial charge in [0.05, 0.1) is 16.9 Å². The Labute approximate surface area is 179 Å². The first-order valence-electron chi connectivity index (χ1n) is 10.5. The van der Waals surface area contributed by atoms with Gasteiger partial charge in [0, 0.05) is 30.6 Å². The second-order valence-electron chi connectivity index (χ2n) is 9.39. The summed E-state index contributed by atoms with van der Waals surface area (Å²) in [6.07, 6.45) is -0.505. The smallest absolute Gasteiger partial charge is 0.265 e. The average Bonchev–Trinajstić information content (AvgIpc) is 3.32. The number of carbonyl (C=O) groups excluding carboxylic acids is 1. The molecule has 9 heteroatoms. The largest absolute Gasteiger partial charge is 0.367 e. The van der Waals surface area contributed by atoms with Crippen molar-refractivity contribution in [2.24, 2.45) is 5.92 Å². The van der Waals surface area contributed by atoms with Crippen LogP contribution in [-0.2, 0) is 5.41 Å². The van der Waals surface area contributed by atoms with Crippen molar-refractivity contribution in [1.82, 2.24) is 19.7 Å². The molecule has 0 radical (unpaired) electrons. The molecule has 4 heterocycles. The first kappa shape index (κ1) is 21.2. The van der Waals surface area contributed by atoms with Gasteiger partial charge in [-0.15, -0.1) is 11.3 Å². The number of hydrogen-bond acceptors (Lipinski definition) is 5. The summed E-state index contributed by atoms with van der Waals surface area (Å²) >= 11 is 1.37. The quantitative estimate of drug-likeness (QED) is 0.769. The second-order valence-corrected chi connectivity index (χ2v) is 10.2. The fourth-order valence-electron chi connectivity index (χ4n) is 4.41. The molecule has 0 aliphatic carbocycles. The monoisotopic (exact) mass is 437 g/mol. The lowest BCUT2D eigenvalue weighted by molar-refractivity contribution is 0.0538. The number of aryl methyl sites for hydroxylation is 1. The van der Waals surface area contributed by atoms with Crippen molar-refractivity contribution in [2.45, 2.75) is 70.9 Å². The number of nitrogens with one attached hydrogen (secondary N) is 1. The standard InChI is InChI=1S/C21H29F2N5OS/c1-12-18(30-11-24-12)20(29)27-7-5-13(6-8-27)14-9-15(19(22)23)28-17(25-14)10-16(26-28)21(2,3)4/h10-11,13-15,19,25H,5-9H2,1-4H3/t14-,15+/m0/s1. The lowest BCUT2D eigenvalue weighted by atomic mass is 9.85. The third-order valence-electron chi connectivity index (χ3n) is 6.27. The summed E-state index contributed by atoms with van der Waals surface area (Å²) in [7, 11) is 0. The van der Waals surface area contributed by atoms with Crippen LogP contribution in [-0.4, -0.2) is 51.1 Å². The van der Waals surface area contributed by atoms with Crippen LogP contribution in [0.2, 0.25) is 0 Å². The van der Waals surface area contributed by atoms with E-state index >= 15 is 0 Å². The molecule has 0 saturated carbocycles. The maximum absolute atomic E-state index is 13.9. The van der Waals surface area contributed by atoms with E-state index in [0.29, 0.717) is 30.2 Å². The van der Waals surface area contributed by atoms with E-state index in [1.54, 1.807) is 5.51 Å². The van der Waals surface area contributed by atoms with Gasteiger partial charge in [0.25, 0.3) is 12.3 Å². The van der Waals surface area contributed by atoms with Crippen LogP contribution in [0.1, 0.15) is 67.1 Å². The van der Waals surface area contributed by atoms with Crippen molar-refractivity contribution >= 4 is 23.1 Å². The Balaban J connectivity index is 1.46. The highest BCUT2D eigenvalue weighted by molar-refractivity contribution is 7.11. The van der Waals surface area contributed by atoms with Crippen molar-refractivity contribution in [3.63, 3.8) is 0 Å². The Morgan fingerprint density at radius 3 is 2.57 bits per heavy atom. The molecule has 0 unspecified atom stereocenters. The zero-order chi connectivity index (χ0) is 21.6. The SMILES string of the molecule is Cc1ncsc1C(=O)N1CCC([C@@H]2C[C@H](C(F)F)n3nc(C(C)(C)C)cc3N2)CC1. The van der Waals surface area contributed by atoms with E-state index < -0.39 is 12.5 Å². The van der Waals surface area contributed by atoms with Crippen LogP contribution in [0, 0.1) is 12.8 Å². The van der Waals surface area contributed by atoms with E-state index in [1.807, 2.05) is 38.7 Å². The number of likely N-dealkylation sites (tertiary alicyclic amines) is 1. The normalized spacial score (nSPS) is 22.8. The number of alkyl halides is 2. The van der Waals surface area contributed by atoms with Crippen LogP contribution in [0.15, 0.2) is 11.6 Å². The fraction of sp³-hybridized carbons (Fsp3) is 0.667. The Hall–Kier alpha value is -2.03. The molecule has 2 aliphatic rings. The van der Waals surface area contributed by atoms with E-state index in [4.69, 9.17) is 0 Å². The molecule has 6 nitrogen and oxygen atoms in total. The number of hydrogen-bond donors (Lipinski definition) is 1. The topological polar surface area (TPSA) is 63.1 Å². The number of carbonyl (C=O) groups is 1. The van der Waals surface area contributed by atoms with Gasteiger partial charge in [-0.25, -0.2) is 18.4 Å². The minimum absolute atomic E-state index is 0.0309. The third-order valence-corrected chi connectivity index (χ3v) is 7.19. The predicted molar refractivity (Wildman–Crippen MR) is 113 cm³/mol. The molecule has 0 aromatic carbocycles. The van der Waals surface area contributed by atoms with Crippen LogP contribution >= 0.6 is 11.3 Å². The molecule has 2 aromatic rings. The maximum atomic E-state index is 13.9. The van der Waals surface area contributed by atoms with Crippen molar-refractivity contribution in [2.75, 3.05) is 18.4 Å². The van der Waals surface area contributed by atoms with Gasteiger partial charge in [0.1, 0.15) is 16.7 Å². The van der Waals surface area contributed by atoms with Crippen LogP contribution in [0.3, 0.4) is 0 Å². The number of nitrogens with zero attached hydrogens (tertiary/aromatic N) is 4. The summed E-state index contributed by atoms with van der Waals surface area (Å²) < 4.78 is 29.2. The van der Waals surface area contributed by atoms with Gasteiger partial charge in [-0.3, -0.25) is 4.79 Å². The Morgan fingerprint density at radius 2 is 2.00 bits per heavy atom. The first-order valence-corrected chi connectivity index (χ1v) is 11.4. The first-order chi connectivity index (χ1) is 14.1. The molecule has 1 N–H and O–H groups in total. The molecule has 4 rings (SSSR count). The van der Waals surface area contributed by atoms with Crippen molar-refractivity contribution in [1.29, 1.82) is 0 Å². The molecule has 1 saturated heterocycles.